The Bertz CT molecular complexity index is 443. The highest BCUT2D eigenvalue weighted by atomic mass is 35.5. The monoisotopic (exact) mass is 300 g/mol. The lowest BCUT2D eigenvalue weighted by molar-refractivity contribution is -0.149. The zero-order valence-corrected chi connectivity index (χ0v) is 12.3. The molecule has 2 rings (SSSR count). The van der Waals surface area contributed by atoms with E-state index in [9.17, 15) is 9.90 Å². The fourth-order valence-corrected chi connectivity index (χ4v) is 3.44. The Morgan fingerprint density at radius 3 is 2.11 bits per heavy atom. The minimum atomic E-state index is -0.717. The van der Waals surface area contributed by atoms with Crippen LogP contribution in [0.3, 0.4) is 0 Å². The van der Waals surface area contributed by atoms with Gasteiger partial charge in [0.15, 0.2) is 0 Å². The maximum atomic E-state index is 11.8. The van der Waals surface area contributed by atoms with Crippen molar-refractivity contribution in [1.82, 2.24) is 0 Å². The number of benzene rings is 1. The lowest BCUT2D eigenvalue weighted by Crippen LogP contribution is -2.33. The number of aliphatic carboxylic acids is 1. The lowest BCUT2D eigenvalue weighted by atomic mass is 9.75. The van der Waals surface area contributed by atoms with Gasteiger partial charge in [0.25, 0.3) is 0 Å². The van der Waals surface area contributed by atoms with Crippen LogP contribution in [-0.4, -0.2) is 11.1 Å². The smallest absolute Gasteiger partial charge is 0.309 e. The predicted octanol–water partition coefficient (Wildman–Crippen LogP) is 4.96. The Morgan fingerprint density at radius 2 is 1.63 bits per heavy atom. The van der Waals surface area contributed by atoms with Gasteiger partial charge in [0.1, 0.15) is 0 Å². The van der Waals surface area contributed by atoms with Gasteiger partial charge in [-0.15, -0.1) is 0 Å². The second kappa shape index (κ2) is 6.15. The van der Waals surface area contributed by atoms with Crippen LogP contribution in [-0.2, 0) is 11.2 Å². The van der Waals surface area contributed by atoms with Crippen LogP contribution < -0.4 is 0 Å². The molecular weight excluding hydrogens is 283 g/mol. The third kappa shape index (κ3) is 3.24. The first-order chi connectivity index (χ1) is 9.05. The molecule has 1 fully saturated rings. The second-order valence-corrected chi connectivity index (χ2v) is 6.19. The Hall–Kier alpha value is -0.730. The number of halogens is 2. The second-order valence-electron chi connectivity index (χ2n) is 5.38. The molecule has 0 amide bonds. The quantitative estimate of drug-likeness (QED) is 0.801. The van der Waals surface area contributed by atoms with Crippen molar-refractivity contribution >= 4 is 29.2 Å². The van der Waals surface area contributed by atoms with Crippen LogP contribution in [0.5, 0.6) is 0 Å². The minimum absolute atomic E-state index is 0.431. The van der Waals surface area contributed by atoms with Gasteiger partial charge in [-0.3, -0.25) is 4.79 Å². The first-order valence-corrected chi connectivity index (χ1v) is 7.47. The molecule has 0 spiro atoms. The van der Waals surface area contributed by atoms with E-state index in [1.807, 2.05) is 0 Å². The van der Waals surface area contributed by atoms with E-state index < -0.39 is 11.4 Å². The van der Waals surface area contributed by atoms with Crippen molar-refractivity contribution in [3.8, 4) is 0 Å². The highest BCUT2D eigenvalue weighted by molar-refractivity contribution is 6.36. The van der Waals surface area contributed by atoms with Gasteiger partial charge in [-0.2, -0.15) is 0 Å². The molecule has 0 heterocycles. The molecule has 0 bridgehead atoms. The largest absolute Gasteiger partial charge is 0.481 e. The Balaban J connectivity index is 2.33. The van der Waals surface area contributed by atoms with Gasteiger partial charge in [-0.05, 0) is 37.0 Å². The van der Waals surface area contributed by atoms with Crippen LogP contribution in [0.15, 0.2) is 18.2 Å². The number of carboxylic acid groups (broad SMARTS) is 1. The molecule has 0 unspecified atom stereocenters. The summed E-state index contributed by atoms with van der Waals surface area (Å²) in [7, 11) is 0. The van der Waals surface area contributed by atoms with E-state index in [0.29, 0.717) is 29.3 Å². The molecule has 19 heavy (non-hydrogen) atoms. The summed E-state index contributed by atoms with van der Waals surface area (Å²) in [5, 5.41) is 10.8. The van der Waals surface area contributed by atoms with E-state index in [-0.39, 0.29) is 0 Å². The molecule has 0 atom stereocenters. The third-order valence-corrected chi connectivity index (χ3v) is 4.80. The van der Waals surface area contributed by atoms with Crippen LogP contribution in [0.25, 0.3) is 0 Å². The van der Waals surface area contributed by atoms with Gasteiger partial charge in [0.2, 0.25) is 0 Å². The van der Waals surface area contributed by atoms with Crippen molar-refractivity contribution in [3.05, 3.63) is 33.8 Å². The Morgan fingerprint density at radius 1 is 1.11 bits per heavy atom. The fraction of sp³-hybridized carbons (Fsp3) is 0.533. The maximum Gasteiger partial charge on any atom is 0.309 e. The molecule has 1 aliphatic rings. The van der Waals surface area contributed by atoms with Crippen molar-refractivity contribution < 1.29 is 9.90 Å². The Labute approximate surface area is 123 Å². The molecular formula is C15H18Cl2O2. The summed E-state index contributed by atoms with van der Waals surface area (Å²) in [4.78, 5) is 11.8. The minimum Gasteiger partial charge on any atom is -0.481 e. The van der Waals surface area contributed by atoms with E-state index >= 15 is 0 Å². The summed E-state index contributed by atoms with van der Waals surface area (Å²) >= 11 is 12.4. The molecule has 1 aromatic carbocycles. The average Bonchev–Trinajstić information content (AvgIpc) is 2.60. The van der Waals surface area contributed by atoms with E-state index in [4.69, 9.17) is 23.2 Å². The average molecular weight is 301 g/mol. The number of rotatable bonds is 3. The van der Waals surface area contributed by atoms with Gasteiger partial charge in [0.05, 0.1) is 5.41 Å². The number of hydrogen-bond acceptors (Lipinski definition) is 1. The predicted molar refractivity (Wildman–Crippen MR) is 77.9 cm³/mol. The number of carbonyl (C=O) groups is 1. The molecule has 0 aromatic heterocycles. The SMILES string of the molecule is O=C(O)C1(Cc2c(Cl)cccc2Cl)CCCCCC1. The summed E-state index contributed by atoms with van der Waals surface area (Å²) in [6.45, 7) is 0. The lowest BCUT2D eigenvalue weighted by Gasteiger charge is -2.29. The first kappa shape index (κ1) is 14.7. The summed E-state index contributed by atoms with van der Waals surface area (Å²) in [5.41, 5.74) is 0.0700. The molecule has 1 aromatic rings. The molecule has 0 aliphatic heterocycles. The molecule has 1 N–H and O–H groups in total. The van der Waals surface area contributed by atoms with E-state index in [0.717, 1.165) is 31.2 Å². The first-order valence-electron chi connectivity index (χ1n) is 6.71. The summed E-state index contributed by atoms with van der Waals surface area (Å²) < 4.78 is 0. The zero-order valence-electron chi connectivity index (χ0n) is 10.8. The van der Waals surface area contributed by atoms with E-state index in [1.54, 1.807) is 18.2 Å². The fourth-order valence-electron chi connectivity index (χ4n) is 2.91. The van der Waals surface area contributed by atoms with Crippen LogP contribution in [0.2, 0.25) is 10.0 Å². The van der Waals surface area contributed by atoms with Gasteiger partial charge >= 0.3 is 5.97 Å². The molecule has 1 aliphatic carbocycles. The van der Waals surface area contributed by atoms with Gasteiger partial charge in [-0.1, -0.05) is 55.0 Å². The number of carboxylic acids is 1. The third-order valence-electron chi connectivity index (χ3n) is 4.09. The van der Waals surface area contributed by atoms with Crippen molar-refractivity contribution in [2.24, 2.45) is 5.41 Å². The van der Waals surface area contributed by atoms with Gasteiger partial charge in [-0.25, -0.2) is 0 Å². The zero-order chi connectivity index (χ0) is 13.9. The van der Waals surface area contributed by atoms with E-state index in [2.05, 4.69) is 0 Å². The topological polar surface area (TPSA) is 37.3 Å². The molecule has 0 saturated heterocycles. The molecule has 2 nitrogen and oxygen atoms in total. The van der Waals surface area contributed by atoms with Crippen molar-refractivity contribution in [3.63, 3.8) is 0 Å². The number of hydrogen-bond donors (Lipinski definition) is 1. The Kier molecular flexibility index (Phi) is 4.75. The van der Waals surface area contributed by atoms with Crippen LogP contribution in [0.1, 0.15) is 44.1 Å². The van der Waals surface area contributed by atoms with Crippen molar-refractivity contribution in [1.29, 1.82) is 0 Å². The molecule has 4 heteroatoms. The summed E-state index contributed by atoms with van der Waals surface area (Å²) in [6.07, 6.45) is 6.02. The summed E-state index contributed by atoms with van der Waals surface area (Å²) in [5.74, 6) is -0.717. The molecule has 0 radical (unpaired) electrons. The van der Waals surface area contributed by atoms with Gasteiger partial charge in [0, 0.05) is 10.0 Å². The normalized spacial score (nSPS) is 18.8. The van der Waals surface area contributed by atoms with Crippen molar-refractivity contribution in [2.45, 2.75) is 44.9 Å². The van der Waals surface area contributed by atoms with E-state index in [1.165, 1.54) is 0 Å². The van der Waals surface area contributed by atoms with Crippen LogP contribution in [0, 0.1) is 5.41 Å². The maximum absolute atomic E-state index is 11.8. The van der Waals surface area contributed by atoms with Gasteiger partial charge < -0.3 is 5.11 Å². The van der Waals surface area contributed by atoms with Crippen molar-refractivity contribution in [2.75, 3.05) is 0 Å². The highest BCUT2D eigenvalue weighted by Crippen LogP contribution is 2.41. The molecule has 1 saturated carbocycles. The summed E-state index contributed by atoms with van der Waals surface area (Å²) in [6, 6.07) is 5.33. The van der Waals surface area contributed by atoms with Crippen LogP contribution >= 0.6 is 23.2 Å². The van der Waals surface area contributed by atoms with Crippen LogP contribution in [0.4, 0.5) is 0 Å². The standard InChI is InChI=1S/C15H18Cl2O2/c16-12-6-5-7-13(17)11(12)10-15(14(18)19)8-3-1-2-4-9-15/h5-7H,1-4,8-10H2,(H,18,19). The highest BCUT2D eigenvalue weighted by Gasteiger charge is 2.39. The molecule has 104 valence electrons.